The lowest BCUT2D eigenvalue weighted by atomic mass is 9.77. The summed E-state index contributed by atoms with van der Waals surface area (Å²) in [6, 6.07) is 9.95. The third kappa shape index (κ3) is 3.17. The quantitative estimate of drug-likeness (QED) is 0.297. The van der Waals surface area contributed by atoms with E-state index in [-0.39, 0.29) is 16.7 Å². The number of ether oxygens (including phenoxy) is 2. The summed E-state index contributed by atoms with van der Waals surface area (Å²) in [7, 11) is -9.22. The Balaban J connectivity index is 1.60. The molecule has 3 aliphatic rings. The van der Waals surface area contributed by atoms with Gasteiger partial charge in [0.25, 0.3) is 16.4 Å². The second kappa shape index (κ2) is 8.09. The van der Waals surface area contributed by atoms with Crippen LogP contribution < -0.4 is 5.73 Å². The molecule has 2 aromatic rings. The van der Waals surface area contributed by atoms with E-state index in [9.17, 15) is 35.8 Å². The van der Waals surface area contributed by atoms with E-state index in [0.29, 0.717) is 5.56 Å². The highest BCUT2D eigenvalue weighted by Gasteiger charge is 2.80. The summed E-state index contributed by atoms with van der Waals surface area (Å²) in [5.41, 5.74) is 4.51. The first kappa shape index (κ1) is 26.3. The molecule has 3 aliphatic heterocycles. The summed E-state index contributed by atoms with van der Waals surface area (Å²) in [5, 5.41) is -1.66. The zero-order valence-electron chi connectivity index (χ0n) is 20.4. The molecule has 14 heteroatoms. The van der Waals surface area contributed by atoms with Gasteiger partial charge in [0, 0.05) is 12.1 Å². The van der Waals surface area contributed by atoms with Crippen LogP contribution in [-0.4, -0.2) is 66.3 Å². The zero-order chi connectivity index (χ0) is 28.0. The van der Waals surface area contributed by atoms with Crippen LogP contribution in [0.3, 0.4) is 0 Å². The molecular formula is C24H24N2O10S2. The first-order chi connectivity index (χ1) is 17.6. The molecule has 1 unspecified atom stereocenters. The molecule has 2 saturated heterocycles. The highest BCUT2D eigenvalue weighted by atomic mass is 32.2. The van der Waals surface area contributed by atoms with Crippen molar-refractivity contribution in [1.29, 1.82) is 0 Å². The standard InChI is InChI=1S/C24H24N2O10S2/c1-12-8-9-16(38(32,33)34)15(10-12)17-18(27)26-19(17)37(30,31)23(2,3)24(26,11-25)22(29)36-21-14-7-5-4-6-13(14)20(28)35-21/h4-10,17,19,21H,11,25H2,1-3H3,(H,32,33,34)/t17-,19-,21?,24+/m1/s1. The second-order valence-electron chi connectivity index (χ2n) is 9.94. The Labute approximate surface area is 218 Å². The molecule has 0 bridgehead atoms. The molecule has 1 amide bonds. The SMILES string of the molecule is Cc1ccc(S(=O)(=O)O)c([C@@H]2C(=O)N3[C@@H]2S(=O)(=O)C(C)(C)[C@]3(CN)C(=O)OC2OC(=O)c3ccccc32)c1. The Morgan fingerprint density at radius 3 is 2.45 bits per heavy atom. The average Bonchev–Trinajstić information content (AvgIpc) is 3.19. The molecule has 0 aliphatic carbocycles. The fourth-order valence-corrected chi connectivity index (χ4v) is 8.86. The smallest absolute Gasteiger partial charge is 0.342 e. The summed E-state index contributed by atoms with van der Waals surface area (Å²) in [4.78, 5) is 39.8. The van der Waals surface area contributed by atoms with Gasteiger partial charge in [0.2, 0.25) is 5.91 Å². The van der Waals surface area contributed by atoms with Crippen molar-refractivity contribution >= 4 is 37.8 Å². The number of β-lactam (4-membered cyclic amide) rings is 1. The molecule has 12 nitrogen and oxygen atoms in total. The molecular weight excluding hydrogens is 540 g/mol. The van der Waals surface area contributed by atoms with Crippen molar-refractivity contribution in [2.24, 2.45) is 5.73 Å². The Hall–Kier alpha value is -3.33. The van der Waals surface area contributed by atoms with E-state index in [1.807, 2.05) is 0 Å². The maximum atomic E-state index is 13.9. The van der Waals surface area contributed by atoms with Crippen molar-refractivity contribution in [3.63, 3.8) is 0 Å². The number of fused-ring (bicyclic) bond motifs is 2. The minimum atomic E-state index is -4.82. The number of sulfone groups is 1. The lowest BCUT2D eigenvalue weighted by Gasteiger charge is -2.49. The average molecular weight is 565 g/mol. The van der Waals surface area contributed by atoms with Crippen LogP contribution in [0.25, 0.3) is 0 Å². The van der Waals surface area contributed by atoms with Crippen LogP contribution in [-0.2, 0) is 39.0 Å². The van der Waals surface area contributed by atoms with Gasteiger partial charge in [-0.25, -0.2) is 18.0 Å². The normalized spacial score (nSPS) is 28.8. The van der Waals surface area contributed by atoms with Gasteiger partial charge in [-0.1, -0.05) is 35.9 Å². The van der Waals surface area contributed by atoms with Crippen molar-refractivity contribution < 1.29 is 45.2 Å². The largest absolute Gasteiger partial charge is 0.419 e. The maximum Gasteiger partial charge on any atom is 0.342 e. The Bertz CT molecular complexity index is 1630. The molecule has 202 valence electrons. The number of cyclic esters (lactones) is 1. The number of benzene rings is 2. The van der Waals surface area contributed by atoms with Crippen LogP contribution in [0, 0.1) is 6.92 Å². The van der Waals surface area contributed by atoms with Gasteiger partial charge in [-0.15, -0.1) is 0 Å². The second-order valence-corrected chi connectivity index (χ2v) is 13.9. The number of amides is 1. The molecule has 4 atom stereocenters. The van der Waals surface area contributed by atoms with Gasteiger partial charge in [-0.05, 0) is 38.5 Å². The minimum Gasteiger partial charge on any atom is -0.419 e. The summed E-state index contributed by atoms with van der Waals surface area (Å²) < 4.78 is 70.3. The fraction of sp³-hybridized carbons (Fsp3) is 0.375. The van der Waals surface area contributed by atoms with Gasteiger partial charge in [0.1, 0.15) is 4.75 Å². The van der Waals surface area contributed by atoms with Gasteiger partial charge >= 0.3 is 11.9 Å². The van der Waals surface area contributed by atoms with Crippen LogP contribution in [0.2, 0.25) is 0 Å². The van der Waals surface area contributed by atoms with Crippen molar-refractivity contribution in [2.45, 2.75) is 53.5 Å². The number of carbonyl (C=O) groups is 3. The summed E-state index contributed by atoms with van der Waals surface area (Å²) in [6.45, 7) is 3.41. The lowest BCUT2D eigenvalue weighted by molar-refractivity contribution is -0.190. The molecule has 2 fully saturated rings. The van der Waals surface area contributed by atoms with E-state index >= 15 is 0 Å². The van der Waals surface area contributed by atoms with E-state index < -0.39 is 77.1 Å². The number of rotatable bonds is 5. The van der Waals surface area contributed by atoms with Crippen LogP contribution in [0.4, 0.5) is 0 Å². The van der Waals surface area contributed by atoms with Crippen molar-refractivity contribution in [3.8, 4) is 0 Å². The lowest BCUT2D eigenvalue weighted by Crippen LogP contribution is -2.72. The maximum absolute atomic E-state index is 13.9. The third-order valence-corrected chi connectivity index (χ3v) is 11.6. The van der Waals surface area contributed by atoms with E-state index in [2.05, 4.69) is 0 Å². The van der Waals surface area contributed by atoms with Gasteiger partial charge in [-0.3, -0.25) is 9.35 Å². The Kier molecular flexibility index (Phi) is 5.59. The molecule has 0 radical (unpaired) electrons. The molecule has 2 aromatic carbocycles. The summed E-state index contributed by atoms with van der Waals surface area (Å²) in [6.07, 6.45) is -1.48. The van der Waals surface area contributed by atoms with E-state index in [1.54, 1.807) is 19.1 Å². The fourth-order valence-electron chi connectivity index (χ4n) is 5.61. The van der Waals surface area contributed by atoms with Crippen molar-refractivity contribution in [3.05, 3.63) is 64.7 Å². The number of hydrogen-bond donors (Lipinski definition) is 2. The molecule has 3 heterocycles. The predicted octanol–water partition coefficient (Wildman–Crippen LogP) is 0.811. The van der Waals surface area contributed by atoms with Crippen LogP contribution in [0.1, 0.15) is 53.1 Å². The highest BCUT2D eigenvalue weighted by molar-refractivity contribution is 7.94. The topological polar surface area (TPSA) is 187 Å². The van der Waals surface area contributed by atoms with E-state index in [4.69, 9.17) is 15.2 Å². The summed E-state index contributed by atoms with van der Waals surface area (Å²) in [5.74, 6) is -4.35. The number of hydrogen-bond acceptors (Lipinski definition) is 10. The minimum absolute atomic E-state index is 0.167. The van der Waals surface area contributed by atoms with E-state index in [0.717, 1.165) is 11.0 Å². The molecule has 0 saturated carbocycles. The van der Waals surface area contributed by atoms with Crippen molar-refractivity contribution in [1.82, 2.24) is 4.90 Å². The Morgan fingerprint density at radius 2 is 1.82 bits per heavy atom. The molecule has 38 heavy (non-hydrogen) atoms. The first-order valence-corrected chi connectivity index (χ1v) is 14.5. The number of aryl methyl sites for hydroxylation is 1. The van der Waals surface area contributed by atoms with Gasteiger partial charge < -0.3 is 20.1 Å². The predicted molar refractivity (Wildman–Crippen MR) is 130 cm³/mol. The number of esters is 2. The molecule has 0 aromatic heterocycles. The molecule has 3 N–H and O–H groups in total. The molecule has 5 rings (SSSR count). The number of carbonyl (C=O) groups excluding carboxylic acids is 3. The van der Waals surface area contributed by atoms with Gasteiger partial charge in [-0.2, -0.15) is 8.42 Å². The monoisotopic (exact) mass is 564 g/mol. The zero-order valence-corrected chi connectivity index (χ0v) is 22.1. The highest BCUT2D eigenvalue weighted by Crippen LogP contribution is 2.58. The number of nitrogens with two attached hydrogens (primary N) is 1. The van der Waals surface area contributed by atoms with Crippen molar-refractivity contribution in [2.75, 3.05) is 6.54 Å². The van der Waals surface area contributed by atoms with Crippen LogP contribution in [0.15, 0.2) is 47.4 Å². The molecule has 0 spiro atoms. The van der Waals surface area contributed by atoms with Crippen LogP contribution >= 0.6 is 0 Å². The number of nitrogens with zero attached hydrogens (tertiary/aromatic N) is 1. The summed E-state index contributed by atoms with van der Waals surface area (Å²) >= 11 is 0. The van der Waals surface area contributed by atoms with Gasteiger partial charge in [0.05, 0.1) is 16.4 Å². The van der Waals surface area contributed by atoms with Crippen LogP contribution in [0.5, 0.6) is 0 Å². The Morgan fingerprint density at radius 1 is 1.16 bits per heavy atom. The van der Waals surface area contributed by atoms with E-state index in [1.165, 1.54) is 38.1 Å². The third-order valence-electron chi connectivity index (χ3n) is 7.75. The first-order valence-electron chi connectivity index (χ1n) is 11.5. The van der Waals surface area contributed by atoms with Gasteiger partial charge in [0.15, 0.2) is 20.8 Å².